The fourth-order valence-corrected chi connectivity index (χ4v) is 4.14. The van der Waals surface area contributed by atoms with Gasteiger partial charge in [-0.05, 0) is 56.9 Å². The first-order valence-electron chi connectivity index (χ1n) is 10.4. The molecule has 164 valence electrons. The third-order valence-corrected chi connectivity index (χ3v) is 6.16. The van der Waals surface area contributed by atoms with E-state index in [-0.39, 0.29) is 6.04 Å². The maximum Gasteiger partial charge on any atom is 0.337 e. The minimum atomic E-state index is -0.946. The molecule has 4 nitrogen and oxygen atoms in total. The lowest BCUT2D eigenvalue weighted by Gasteiger charge is -2.15. The molecule has 3 aromatic rings. The average Bonchev–Trinajstić information content (AvgIpc) is 2.97. The monoisotopic (exact) mass is 442 g/mol. The Kier molecular flexibility index (Phi) is 7.52. The zero-order valence-corrected chi connectivity index (χ0v) is 18.8. The second-order valence-corrected chi connectivity index (χ2v) is 8.36. The van der Waals surface area contributed by atoms with Gasteiger partial charge >= 0.3 is 5.97 Å². The zero-order chi connectivity index (χ0) is 22.5. The molecule has 0 aliphatic rings. The van der Waals surface area contributed by atoms with Crippen molar-refractivity contribution in [3.63, 3.8) is 0 Å². The molecule has 1 heterocycles. The molecule has 1 aromatic heterocycles. The van der Waals surface area contributed by atoms with E-state index in [0.717, 1.165) is 29.7 Å². The normalized spacial score (nSPS) is 12.2. The van der Waals surface area contributed by atoms with Crippen molar-refractivity contribution in [2.75, 3.05) is 0 Å². The van der Waals surface area contributed by atoms with Crippen molar-refractivity contribution in [2.24, 2.45) is 0 Å². The van der Waals surface area contributed by atoms with Gasteiger partial charge in [0.15, 0.2) is 0 Å². The lowest BCUT2D eigenvalue weighted by Crippen LogP contribution is -2.27. The lowest BCUT2D eigenvalue weighted by atomic mass is 10.1. The van der Waals surface area contributed by atoms with Crippen molar-refractivity contribution in [2.45, 2.75) is 52.7 Å². The molecule has 0 spiro atoms. The predicted molar refractivity (Wildman–Crippen MR) is 122 cm³/mol. The van der Waals surface area contributed by atoms with E-state index in [0.29, 0.717) is 29.4 Å². The second kappa shape index (κ2) is 10.1. The van der Waals surface area contributed by atoms with E-state index in [1.807, 2.05) is 29.7 Å². The number of benzene rings is 2. The van der Waals surface area contributed by atoms with Crippen LogP contribution < -0.4 is 5.32 Å². The summed E-state index contributed by atoms with van der Waals surface area (Å²) >= 11 is 6.20. The van der Waals surface area contributed by atoms with Gasteiger partial charge < -0.3 is 15.0 Å². The Morgan fingerprint density at radius 2 is 1.87 bits per heavy atom. The lowest BCUT2D eigenvalue weighted by molar-refractivity contribution is 0.0694. The molecule has 3 rings (SSSR count). The average molecular weight is 443 g/mol. The van der Waals surface area contributed by atoms with E-state index in [2.05, 4.69) is 24.4 Å². The number of hydrogen-bond donors (Lipinski definition) is 2. The largest absolute Gasteiger partial charge is 0.478 e. The summed E-state index contributed by atoms with van der Waals surface area (Å²) in [6, 6.07) is 14.8. The van der Waals surface area contributed by atoms with Crippen molar-refractivity contribution < 1.29 is 14.3 Å². The van der Waals surface area contributed by atoms with Crippen LogP contribution in [0.1, 0.15) is 51.8 Å². The molecule has 0 radical (unpaired) electrons. The quantitative estimate of drug-likeness (QED) is 0.443. The Morgan fingerprint density at radius 1 is 1.16 bits per heavy atom. The maximum atomic E-state index is 13.4. The maximum absolute atomic E-state index is 13.4. The molecular weight excluding hydrogens is 415 g/mol. The van der Waals surface area contributed by atoms with Crippen LogP contribution in [0.2, 0.25) is 5.02 Å². The molecule has 0 fully saturated rings. The highest BCUT2D eigenvalue weighted by molar-refractivity contribution is 6.31. The van der Waals surface area contributed by atoms with Gasteiger partial charge in [-0.15, -0.1) is 0 Å². The summed E-state index contributed by atoms with van der Waals surface area (Å²) in [5.74, 6) is -1.34. The molecule has 0 saturated heterocycles. The van der Waals surface area contributed by atoms with Crippen LogP contribution in [-0.2, 0) is 19.5 Å². The van der Waals surface area contributed by atoms with Gasteiger partial charge in [-0.2, -0.15) is 0 Å². The van der Waals surface area contributed by atoms with Crippen LogP contribution in [0.4, 0.5) is 4.39 Å². The van der Waals surface area contributed by atoms with Crippen molar-refractivity contribution in [1.82, 2.24) is 9.88 Å². The highest BCUT2D eigenvalue weighted by Gasteiger charge is 2.23. The highest BCUT2D eigenvalue weighted by Crippen LogP contribution is 2.26. The molecule has 1 atom stereocenters. The summed E-state index contributed by atoms with van der Waals surface area (Å²) in [7, 11) is 0. The summed E-state index contributed by atoms with van der Waals surface area (Å²) in [6.45, 7) is 6.69. The smallest absolute Gasteiger partial charge is 0.337 e. The molecule has 2 N–H and O–H groups in total. The number of nitrogens with one attached hydrogen (secondary N) is 1. The fraction of sp³-hybridized carbons (Fsp3) is 0.320. The number of carboxylic acids is 1. The summed E-state index contributed by atoms with van der Waals surface area (Å²) < 4.78 is 15.3. The van der Waals surface area contributed by atoms with Gasteiger partial charge in [0.2, 0.25) is 0 Å². The first-order chi connectivity index (χ1) is 14.8. The number of hydrogen-bond acceptors (Lipinski definition) is 2. The molecule has 0 amide bonds. The zero-order valence-electron chi connectivity index (χ0n) is 18.1. The molecule has 0 unspecified atom stereocenters. The van der Waals surface area contributed by atoms with E-state index in [4.69, 9.17) is 11.6 Å². The molecule has 2 aromatic carbocycles. The Morgan fingerprint density at radius 3 is 2.52 bits per heavy atom. The third-order valence-electron chi connectivity index (χ3n) is 5.80. The van der Waals surface area contributed by atoms with Gasteiger partial charge in [-0.25, -0.2) is 9.18 Å². The van der Waals surface area contributed by atoms with E-state index in [1.165, 1.54) is 17.7 Å². The van der Waals surface area contributed by atoms with Crippen LogP contribution in [0.15, 0.2) is 48.5 Å². The Balaban J connectivity index is 1.76. The first-order valence-corrected chi connectivity index (χ1v) is 10.8. The second-order valence-electron chi connectivity index (χ2n) is 7.96. The number of halogens is 2. The van der Waals surface area contributed by atoms with Crippen LogP contribution in [0.5, 0.6) is 0 Å². The first kappa shape index (κ1) is 23.0. The number of rotatable bonds is 9. The molecule has 0 aliphatic carbocycles. The standard InChI is InChI=1S/C25H28ClFN2O2/c1-16(9-10-19-7-5-4-6-8-19)28-14-22-17(2)29(18(3)24(22)25(30)31)15-20-11-12-21(27)13-23(20)26/h4-8,11-13,16,28H,9-10,14-15H2,1-3H3,(H,30,31)/t16-/m0/s1. The number of aromatic nitrogens is 1. The Labute approximate surface area is 187 Å². The number of aryl methyl sites for hydroxylation is 1. The minimum Gasteiger partial charge on any atom is -0.478 e. The van der Waals surface area contributed by atoms with Crippen LogP contribution in [0.3, 0.4) is 0 Å². The fourth-order valence-electron chi connectivity index (χ4n) is 3.91. The van der Waals surface area contributed by atoms with Gasteiger partial charge in [-0.3, -0.25) is 0 Å². The topological polar surface area (TPSA) is 54.3 Å². The SMILES string of the molecule is Cc1c(CN[C@@H](C)CCc2ccccc2)c(C(=O)O)c(C)n1Cc1ccc(F)cc1Cl. The van der Waals surface area contributed by atoms with Crippen LogP contribution in [0.25, 0.3) is 0 Å². The van der Waals surface area contributed by atoms with Crippen molar-refractivity contribution >= 4 is 17.6 Å². The van der Waals surface area contributed by atoms with E-state index in [9.17, 15) is 14.3 Å². The number of carboxylic acid groups (broad SMARTS) is 1. The van der Waals surface area contributed by atoms with E-state index >= 15 is 0 Å². The summed E-state index contributed by atoms with van der Waals surface area (Å²) in [6.07, 6.45) is 1.92. The van der Waals surface area contributed by atoms with E-state index in [1.54, 1.807) is 13.0 Å². The summed E-state index contributed by atoms with van der Waals surface area (Å²) in [5, 5.41) is 13.7. The van der Waals surface area contributed by atoms with Crippen LogP contribution >= 0.6 is 11.6 Å². The number of nitrogens with zero attached hydrogens (tertiary/aromatic N) is 1. The molecule has 0 saturated carbocycles. The van der Waals surface area contributed by atoms with Gasteiger partial charge in [-0.1, -0.05) is 48.0 Å². The molecular formula is C25H28ClFN2O2. The molecule has 31 heavy (non-hydrogen) atoms. The highest BCUT2D eigenvalue weighted by atomic mass is 35.5. The molecule has 6 heteroatoms. The van der Waals surface area contributed by atoms with Gasteiger partial charge in [0.1, 0.15) is 5.82 Å². The van der Waals surface area contributed by atoms with Crippen LogP contribution in [0, 0.1) is 19.7 Å². The number of carbonyl (C=O) groups is 1. The third kappa shape index (κ3) is 5.54. The Hall–Kier alpha value is -2.63. The molecule has 0 bridgehead atoms. The van der Waals surface area contributed by atoms with Gasteiger partial charge in [0.05, 0.1) is 5.56 Å². The Bertz CT molecular complexity index is 1060. The van der Waals surface area contributed by atoms with Crippen molar-refractivity contribution in [3.05, 3.63) is 93.0 Å². The van der Waals surface area contributed by atoms with Gasteiger partial charge in [0, 0.05) is 41.1 Å². The number of aromatic carboxylic acids is 1. The minimum absolute atomic E-state index is 0.233. The van der Waals surface area contributed by atoms with Crippen molar-refractivity contribution in [1.29, 1.82) is 0 Å². The summed E-state index contributed by atoms with van der Waals surface area (Å²) in [4.78, 5) is 12.0. The van der Waals surface area contributed by atoms with Gasteiger partial charge in [0.25, 0.3) is 0 Å². The molecule has 0 aliphatic heterocycles. The summed E-state index contributed by atoms with van der Waals surface area (Å²) in [5.41, 5.74) is 4.67. The van der Waals surface area contributed by atoms with E-state index < -0.39 is 11.8 Å². The predicted octanol–water partition coefficient (Wildman–Crippen LogP) is 5.75. The van der Waals surface area contributed by atoms with Crippen molar-refractivity contribution in [3.8, 4) is 0 Å². The van der Waals surface area contributed by atoms with Crippen LogP contribution in [-0.4, -0.2) is 21.7 Å².